The van der Waals surface area contributed by atoms with Crippen LogP contribution in [0.25, 0.3) is 43.1 Å². The molecule has 5 aromatic rings. The molecule has 0 aliphatic carbocycles. The lowest BCUT2D eigenvalue weighted by Gasteiger charge is -2.17. The highest BCUT2D eigenvalue weighted by molar-refractivity contribution is 6.34. The first-order valence-corrected chi connectivity index (χ1v) is 11.1. The van der Waals surface area contributed by atoms with Crippen LogP contribution in [0.3, 0.4) is 0 Å². The van der Waals surface area contributed by atoms with Gasteiger partial charge in [0.1, 0.15) is 0 Å². The minimum atomic E-state index is -0.352. The van der Waals surface area contributed by atoms with Gasteiger partial charge in [0, 0.05) is 11.5 Å². The molecular weight excluding hydrogens is 402 g/mol. The van der Waals surface area contributed by atoms with Crippen LogP contribution in [0, 0.1) is 10.1 Å². The fraction of sp³-hybridized carbons (Fsp3) is 0.222. The van der Waals surface area contributed by atoms with Crippen molar-refractivity contribution in [1.29, 1.82) is 0 Å². The summed E-state index contributed by atoms with van der Waals surface area (Å²) in [6, 6.07) is 18.7. The Balaban J connectivity index is 1.78. The average molecular weight is 425 g/mol. The van der Waals surface area contributed by atoms with Gasteiger partial charge in [0.15, 0.2) is 0 Å². The van der Waals surface area contributed by atoms with Crippen molar-refractivity contribution in [2.45, 2.75) is 32.6 Å². The number of nitro groups is 1. The molecule has 0 spiro atoms. The number of nitro benzene ring substituents is 1. The molecule has 0 fully saturated rings. The molecule has 32 heavy (non-hydrogen) atoms. The topological polar surface area (TPSA) is 69.4 Å². The van der Waals surface area contributed by atoms with E-state index in [1.165, 1.54) is 0 Å². The van der Waals surface area contributed by atoms with Crippen LogP contribution in [-0.4, -0.2) is 17.5 Å². The molecular formula is C27H23NO4. The number of fused-ring (bicyclic) bond motifs is 2. The van der Waals surface area contributed by atoms with Gasteiger partial charge in [0.05, 0.1) is 22.5 Å². The van der Waals surface area contributed by atoms with Crippen molar-refractivity contribution in [3.05, 3.63) is 76.3 Å². The van der Waals surface area contributed by atoms with Gasteiger partial charge in [-0.3, -0.25) is 10.1 Å². The van der Waals surface area contributed by atoms with Gasteiger partial charge in [-0.05, 0) is 50.9 Å². The Morgan fingerprint density at radius 1 is 0.812 bits per heavy atom. The Bertz CT molecular complexity index is 1490. The third kappa shape index (κ3) is 3.12. The Kier molecular flexibility index (Phi) is 5.10. The van der Waals surface area contributed by atoms with E-state index < -0.39 is 0 Å². The zero-order chi connectivity index (χ0) is 22.2. The Hall–Kier alpha value is -3.73. The predicted octanol–water partition coefficient (Wildman–Crippen LogP) is 7.38. The molecule has 0 atom stereocenters. The first kappa shape index (κ1) is 20.2. The summed E-state index contributed by atoms with van der Waals surface area (Å²) in [6.07, 6.45) is 4.12. The molecule has 0 aliphatic rings. The molecule has 0 saturated carbocycles. The number of rotatable bonds is 7. The fourth-order valence-corrected chi connectivity index (χ4v) is 4.79. The fourth-order valence-electron chi connectivity index (χ4n) is 4.79. The summed E-state index contributed by atoms with van der Waals surface area (Å²) in [7, 11) is 0. The molecule has 0 saturated heterocycles. The summed E-state index contributed by atoms with van der Waals surface area (Å²) in [5, 5.41) is 18.4. The van der Waals surface area contributed by atoms with Crippen LogP contribution < -0.4 is 0 Å². The highest BCUT2D eigenvalue weighted by atomic mass is 16.6. The molecule has 0 N–H and O–H groups in total. The van der Waals surface area contributed by atoms with Crippen LogP contribution in [-0.2, 0) is 4.74 Å². The summed E-state index contributed by atoms with van der Waals surface area (Å²) >= 11 is 0. The van der Waals surface area contributed by atoms with Crippen LogP contribution in [0.5, 0.6) is 0 Å². The number of ether oxygens (including phenoxy) is 1. The maximum absolute atomic E-state index is 13.3. The molecule has 5 nitrogen and oxygen atoms in total. The van der Waals surface area contributed by atoms with Gasteiger partial charge in [0.25, 0.3) is 5.69 Å². The molecule has 0 aliphatic heterocycles. The number of hydrogen-bond acceptors (Lipinski definition) is 4. The molecule has 160 valence electrons. The normalized spacial score (nSPS) is 11.7. The van der Waals surface area contributed by atoms with Crippen LogP contribution in [0.4, 0.5) is 5.69 Å². The molecule has 5 heteroatoms. The number of unbranched alkanes of at least 4 members (excludes halogenated alkanes) is 3. The van der Waals surface area contributed by atoms with E-state index in [-0.39, 0.29) is 16.6 Å². The summed E-state index contributed by atoms with van der Waals surface area (Å²) in [4.78, 5) is 24.6. The van der Waals surface area contributed by atoms with E-state index in [9.17, 15) is 14.9 Å². The number of nitrogens with zero attached hydrogens (tertiary/aromatic N) is 1. The minimum Gasteiger partial charge on any atom is -0.462 e. The van der Waals surface area contributed by atoms with E-state index in [1.54, 1.807) is 12.1 Å². The van der Waals surface area contributed by atoms with Crippen LogP contribution >= 0.6 is 0 Å². The number of carbonyl (C=O) groups excluding carboxylic acids is 1. The smallest absolute Gasteiger partial charge is 0.339 e. The lowest BCUT2D eigenvalue weighted by Crippen LogP contribution is -2.08. The summed E-state index contributed by atoms with van der Waals surface area (Å²) in [6.45, 7) is 2.54. The van der Waals surface area contributed by atoms with Crippen molar-refractivity contribution < 1.29 is 14.5 Å². The Morgan fingerprint density at radius 2 is 1.53 bits per heavy atom. The van der Waals surface area contributed by atoms with Crippen molar-refractivity contribution in [2.75, 3.05) is 6.61 Å². The van der Waals surface area contributed by atoms with Gasteiger partial charge in [0.2, 0.25) is 0 Å². The Morgan fingerprint density at radius 3 is 2.31 bits per heavy atom. The van der Waals surface area contributed by atoms with Crippen molar-refractivity contribution in [1.82, 2.24) is 0 Å². The largest absolute Gasteiger partial charge is 0.462 e. The van der Waals surface area contributed by atoms with E-state index in [0.717, 1.165) is 63.4 Å². The van der Waals surface area contributed by atoms with E-state index in [2.05, 4.69) is 6.92 Å². The molecule has 5 aromatic carbocycles. The predicted molar refractivity (Wildman–Crippen MR) is 129 cm³/mol. The van der Waals surface area contributed by atoms with Crippen LogP contribution in [0.2, 0.25) is 0 Å². The lowest BCUT2D eigenvalue weighted by atomic mass is 9.87. The van der Waals surface area contributed by atoms with Crippen LogP contribution in [0.15, 0.2) is 60.7 Å². The number of non-ortho nitro benzene ring substituents is 1. The van der Waals surface area contributed by atoms with Crippen LogP contribution in [0.1, 0.15) is 43.0 Å². The summed E-state index contributed by atoms with van der Waals surface area (Å²) in [5.41, 5.74) is 0.601. The quantitative estimate of drug-likeness (QED) is 0.0681. The lowest BCUT2D eigenvalue weighted by molar-refractivity contribution is -0.383. The Labute approximate surface area is 185 Å². The molecule has 0 bridgehead atoms. The second-order valence-corrected chi connectivity index (χ2v) is 8.21. The zero-order valence-corrected chi connectivity index (χ0v) is 17.9. The number of benzene rings is 5. The molecule has 0 amide bonds. The average Bonchev–Trinajstić information content (AvgIpc) is 2.81. The number of carbonyl (C=O) groups is 1. The summed E-state index contributed by atoms with van der Waals surface area (Å²) < 4.78 is 5.69. The van der Waals surface area contributed by atoms with Crippen molar-refractivity contribution >= 4 is 54.7 Å². The third-order valence-electron chi connectivity index (χ3n) is 6.28. The second kappa shape index (κ2) is 8.08. The van der Waals surface area contributed by atoms with Crippen molar-refractivity contribution in [3.63, 3.8) is 0 Å². The highest BCUT2D eigenvalue weighted by Crippen LogP contribution is 2.43. The first-order valence-electron chi connectivity index (χ1n) is 11.1. The van der Waals surface area contributed by atoms with Gasteiger partial charge in [-0.2, -0.15) is 0 Å². The zero-order valence-electron chi connectivity index (χ0n) is 17.9. The monoisotopic (exact) mass is 425 g/mol. The molecule has 0 heterocycles. The maximum Gasteiger partial charge on any atom is 0.339 e. The maximum atomic E-state index is 13.3. The van der Waals surface area contributed by atoms with Gasteiger partial charge >= 0.3 is 5.97 Å². The minimum absolute atomic E-state index is 0.0695. The highest BCUT2D eigenvalue weighted by Gasteiger charge is 2.23. The van der Waals surface area contributed by atoms with E-state index in [4.69, 9.17) is 4.74 Å². The SMILES string of the molecule is CCCCCCOC(=O)c1c2ccccc2c2ccc3c([N+](=O)[O-])ccc4ccc1c2c43. The molecule has 0 radical (unpaired) electrons. The standard InChI is InChI=1S/C27H23NO4/c1-2-3-4-7-16-32-27(29)26-19-9-6-5-8-18(19)20-13-14-21-23(28(30)31)15-11-17-10-12-22(26)25(20)24(17)21/h5-6,8-15H,2-4,7,16H2,1H3. The first-order chi connectivity index (χ1) is 15.6. The van der Waals surface area contributed by atoms with Crippen molar-refractivity contribution in [2.24, 2.45) is 0 Å². The molecule has 0 unspecified atom stereocenters. The van der Waals surface area contributed by atoms with Gasteiger partial charge < -0.3 is 4.74 Å². The van der Waals surface area contributed by atoms with Gasteiger partial charge in [-0.1, -0.05) is 68.7 Å². The van der Waals surface area contributed by atoms with E-state index in [0.29, 0.717) is 17.6 Å². The van der Waals surface area contributed by atoms with Crippen molar-refractivity contribution in [3.8, 4) is 0 Å². The summed E-state index contributed by atoms with van der Waals surface area (Å²) in [5.74, 6) is -0.342. The second-order valence-electron chi connectivity index (χ2n) is 8.21. The van der Waals surface area contributed by atoms with E-state index in [1.807, 2.05) is 48.5 Å². The number of esters is 1. The third-order valence-corrected chi connectivity index (χ3v) is 6.28. The van der Waals surface area contributed by atoms with Gasteiger partial charge in [-0.15, -0.1) is 0 Å². The van der Waals surface area contributed by atoms with Gasteiger partial charge in [-0.25, -0.2) is 4.79 Å². The van der Waals surface area contributed by atoms with E-state index >= 15 is 0 Å². The number of hydrogen-bond donors (Lipinski definition) is 0. The molecule has 5 rings (SSSR count). The molecule has 0 aromatic heterocycles.